The molecule has 3 N–H and O–H groups in total. The highest BCUT2D eigenvalue weighted by Gasteiger charge is 2.43. The molecule has 3 atom stereocenters. The van der Waals surface area contributed by atoms with Crippen LogP contribution in [-0.2, 0) is 20.0 Å². The summed E-state index contributed by atoms with van der Waals surface area (Å²) in [5, 5.41) is 18.3. The van der Waals surface area contributed by atoms with E-state index in [2.05, 4.69) is 51.4 Å². The van der Waals surface area contributed by atoms with E-state index in [-0.39, 0.29) is 24.2 Å². The molecular weight excluding hydrogens is 464 g/mol. The van der Waals surface area contributed by atoms with Gasteiger partial charge in [0.05, 0.1) is 6.10 Å². The summed E-state index contributed by atoms with van der Waals surface area (Å²) >= 11 is 0. The van der Waals surface area contributed by atoms with E-state index in [0.717, 1.165) is 45.4 Å². The monoisotopic (exact) mass is 500 g/mol. The summed E-state index contributed by atoms with van der Waals surface area (Å²) < 4.78 is 2.26. The van der Waals surface area contributed by atoms with Crippen molar-refractivity contribution in [1.29, 1.82) is 0 Å². The zero-order valence-corrected chi connectivity index (χ0v) is 21.5. The number of amides is 1. The minimum Gasteiger partial charge on any atom is -0.390 e. The van der Waals surface area contributed by atoms with Crippen molar-refractivity contribution in [3.63, 3.8) is 0 Å². The number of fused-ring (bicyclic) bond motifs is 5. The first-order chi connectivity index (χ1) is 18.0. The van der Waals surface area contributed by atoms with Gasteiger partial charge in [0.25, 0.3) is 5.91 Å². The molecule has 1 amide bonds. The maximum atomic E-state index is 13.1. The molecule has 3 aliphatic rings. The van der Waals surface area contributed by atoms with Crippen molar-refractivity contribution in [2.24, 2.45) is 24.8 Å². The summed E-state index contributed by atoms with van der Waals surface area (Å²) in [7, 11) is 2.11. The molecule has 0 radical (unpaired) electrons. The van der Waals surface area contributed by atoms with Crippen LogP contribution < -0.4 is 10.6 Å². The fourth-order valence-corrected chi connectivity index (χ4v) is 6.89. The van der Waals surface area contributed by atoms with E-state index in [1.54, 1.807) is 24.3 Å². The highest BCUT2D eigenvalue weighted by atomic mass is 16.3. The highest BCUT2D eigenvalue weighted by molar-refractivity contribution is 6.00. The first-order valence-electron chi connectivity index (χ1n) is 13.6. The summed E-state index contributed by atoms with van der Waals surface area (Å²) in [5.74, 6) is 0.962. The number of aryl methyl sites for hydroxylation is 1. The molecule has 3 unspecified atom stereocenters. The Hall–Kier alpha value is -3.00. The number of piperidine rings is 1. The van der Waals surface area contributed by atoms with Crippen LogP contribution in [0.15, 0.2) is 48.5 Å². The number of para-hydroxylation sites is 1. The topological polar surface area (TPSA) is 86.6 Å². The molecule has 3 aromatic rings. The number of nitrogens with zero attached hydrogens (tertiary/aromatic N) is 2. The molecule has 7 nitrogen and oxygen atoms in total. The standard InChI is InChI=1S/C30H36N4O3/c1-33-26-5-3-2-4-24(26)25-12-13-34(18-27(25)33)17-23(35)16-32-30(37)20-8-6-19(7-9-20)29(36)28-21-10-11-22(28)15-31-14-21/h2-9,21-23,28,31,35H,10-18H2,1H3,(H,32,37). The third kappa shape index (κ3) is 4.60. The minimum absolute atomic E-state index is 0.107. The molecule has 0 spiro atoms. The molecule has 1 saturated heterocycles. The Morgan fingerprint density at radius 1 is 1.05 bits per heavy atom. The van der Waals surface area contributed by atoms with Crippen LogP contribution >= 0.6 is 0 Å². The number of nitrogens with one attached hydrogen (secondary N) is 2. The van der Waals surface area contributed by atoms with Crippen LogP contribution in [-0.4, -0.2) is 65.1 Å². The van der Waals surface area contributed by atoms with Gasteiger partial charge >= 0.3 is 0 Å². The number of benzene rings is 2. The Bertz CT molecular complexity index is 1300. The number of aromatic nitrogens is 1. The van der Waals surface area contributed by atoms with Gasteiger partial charge < -0.3 is 20.3 Å². The van der Waals surface area contributed by atoms with Crippen molar-refractivity contribution >= 4 is 22.6 Å². The molecule has 1 aromatic heterocycles. The second-order valence-electron chi connectivity index (χ2n) is 11.1. The molecule has 37 heavy (non-hydrogen) atoms. The molecule has 2 aromatic carbocycles. The second kappa shape index (κ2) is 10.0. The first-order valence-corrected chi connectivity index (χ1v) is 13.6. The first kappa shape index (κ1) is 24.3. The summed E-state index contributed by atoms with van der Waals surface area (Å²) in [6, 6.07) is 15.5. The predicted octanol–water partition coefficient (Wildman–Crippen LogP) is 2.76. The van der Waals surface area contributed by atoms with Crippen LogP contribution in [0, 0.1) is 17.8 Å². The average molecular weight is 501 g/mol. The van der Waals surface area contributed by atoms with Crippen molar-refractivity contribution in [3.8, 4) is 0 Å². The van der Waals surface area contributed by atoms with Crippen LogP contribution in [0.5, 0.6) is 0 Å². The number of rotatable bonds is 7. The molecule has 1 aliphatic carbocycles. The Kier molecular flexibility index (Phi) is 6.61. The number of aliphatic hydroxyl groups excluding tert-OH is 1. The average Bonchev–Trinajstić information content (AvgIpc) is 3.35. The summed E-state index contributed by atoms with van der Waals surface area (Å²) in [6.07, 6.45) is 2.55. The fraction of sp³-hybridized carbons (Fsp3) is 0.467. The van der Waals surface area contributed by atoms with Crippen molar-refractivity contribution in [2.75, 3.05) is 32.7 Å². The van der Waals surface area contributed by atoms with Gasteiger partial charge in [-0.1, -0.05) is 30.3 Å². The number of carbonyl (C=O) groups is 2. The zero-order chi connectivity index (χ0) is 25.5. The van der Waals surface area contributed by atoms with Gasteiger partial charge in [-0.2, -0.15) is 0 Å². The molecule has 194 valence electrons. The van der Waals surface area contributed by atoms with E-state index in [1.165, 1.54) is 22.2 Å². The maximum Gasteiger partial charge on any atom is 0.251 e. The number of hydrogen-bond donors (Lipinski definition) is 3. The van der Waals surface area contributed by atoms with E-state index in [1.807, 2.05) is 0 Å². The molecule has 6 rings (SSSR count). The third-order valence-corrected chi connectivity index (χ3v) is 8.83. The molecule has 2 bridgehead atoms. The number of aliphatic hydroxyl groups is 1. The SMILES string of the molecule is Cn1c2c(c3ccccc31)CCN(CC(O)CNC(=O)c1ccc(C(=O)C3C4CCC3CNC4)cc1)C2. The van der Waals surface area contributed by atoms with E-state index in [0.29, 0.717) is 29.5 Å². The lowest BCUT2D eigenvalue weighted by molar-refractivity contribution is 0.0821. The summed E-state index contributed by atoms with van der Waals surface area (Å²) in [4.78, 5) is 28.1. The Balaban J connectivity index is 1.02. The molecule has 2 aliphatic heterocycles. The normalized spacial score (nSPS) is 24.1. The van der Waals surface area contributed by atoms with Crippen LogP contribution in [0.1, 0.15) is 44.8 Å². The van der Waals surface area contributed by atoms with E-state index < -0.39 is 6.10 Å². The lowest BCUT2D eigenvalue weighted by Gasteiger charge is -2.30. The van der Waals surface area contributed by atoms with Gasteiger partial charge in [0.15, 0.2) is 5.78 Å². The predicted molar refractivity (Wildman–Crippen MR) is 144 cm³/mol. The summed E-state index contributed by atoms with van der Waals surface area (Å²) in [6.45, 7) is 4.23. The zero-order valence-electron chi connectivity index (χ0n) is 21.5. The van der Waals surface area contributed by atoms with Gasteiger partial charge in [-0.05, 0) is 68.0 Å². The number of β-amino-alcohol motifs (C(OH)–C–C–N with tert-alkyl or cyclic N) is 1. The highest BCUT2D eigenvalue weighted by Crippen LogP contribution is 2.41. The van der Waals surface area contributed by atoms with Crippen LogP contribution in [0.2, 0.25) is 0 Å². The smallest absolute Gasteiger partial charge is 0.251 e. The van der Waals surface area contributed by atoms with Crippen molar-refractivity contribution in [3.05, 3.63) is 70.9 Å². The van der Waals surface area contributed by atoms with Gasteiger partial charge in [-0.25, -0.2) is 0 Å². The lowest BCUT2D eigenvalue weighted by Crippen LogP contribution is -2.42. The minimum atomic E-state index is -0.656. The van der Waals surface area contributed by atoms with Gasteiger partial charge in [-0.15, -0.1) is 0 Å². The van der Waals surface area contributed by atoms with Crippen LogP contribution in [0.4, 0.5) is 0 Å². The summed E-state index contributed by atoms with van der Waals surface area (Å²) in [5.41, 5.74) is 5.16. The van der Waals surface area contributed by atoms with E-state index >= 15 is 0 Å². The Labute approximate surface area is 217 Å². The quantitative estimate of drug-likeness (QED) is 0.435. The third-order valence-electron chi connectivity index (χ3n) is 8.83. The maximum absolute atomic E-state index is 13.1. The molecule has 7 heteroatoms. The van der Waals surface area contributed by atoms with E-state index in [9.17, 15) is 14.7 Å². The van der Waals surface area contributed by atoms with Crippen LogP contribution in [0.25, 0.3) is 10.9 Å². The lowest BCUT2D eigenvalue weighted by atomic mass is 9.80. The van der Waals surface area contributed by atoms with Crippen LogP contribution in [0.3, 0.4) is 0 Å². The molecule has 2 fully saturated rings. The number of carbonyl (C=O) groups excluding carboxylic acids is 2. The molecular formula is C30H36N4O3. The molecule has 1 saturated carbocycles. The van der Waals surface area contributed by atoms with Crippen molar-refractivity contribution in [1.82, 2.24) is 20.1 Å². The fourth-order valence-electron chi connectivity index (χ4n) is 6.89. The van der Waals surface area contributed by atoms with Gasteiger partial charge in [0.2, 0.25) is 0 Å². The van der Waals surface area contributed by atoms with Crippen molar-refractivity contribution in [2.45, 2.75) is 31.9 Å². The number of Topliss-reactive ketones (excluding diaryl/α,β-unsaturated/α-hetero) is 1. The molecule has 3 heterocycles. The van der Waals surface area contributed by atoms with Gasteiger partial charge in [0, 0.05) is 66.9 Å². The van der Waals surface area contributed by atoms with E-state index in [4.69, 9.17) is 0 Å². The van der Waals surface area contributed by atoms with Gasteiger partial charge in [0.1, 0.15) is 0 Å². The largest absolute Gasteiger partial charge is 0.390 e. The van der Waals surface area contributed by atoms with Gasteiger partial charge in [-0.3, -0.25) is 14.5 Å². The Morgan fingerprint density at radius 2 is 1.76 bits per heavy atom. The Morgan fingerprint density at radius 3 is 2.51 bits per heavy atom. The number of hydrogen-bond acceptors (Lipinski definition) is 5. The second-order valence-corrected chi connectivity index (χ2v) is 11.1. The number of ketones is 1. The van der Waals surface area contributed by atoms with Crippen molar-refractivity contribution < 1.29 is 14.7 Å².